The molecule has 2 aromatic rings. The molecule has 0 amide bonds. The van der Waals surface area contributed by atoms with Crippen LogP contribution < -0.4 is 4.72 Å². The Morgan fingerprint density at radius 2 is 1.83 bits per heavy atom. The molecule has 24 heavy (non-hydrogen) atoms. The second-order valence-corrected chi connectivity index (χ2v) is 7.91. The Kier molecular flexibility index (Phi) is 6.34. The summed E-state index contributed by atoms with van der Waals surface area (Å²) in [7, 11) is 0.0508. The van der Waals surface area contributed by atoms with Gasteiger partial charge in [-0.1, -0.05) is 41.9 Å². The molecule has 1 N–H and O–H groups in total. The molecule has 0 bridgehead atoms. The maximum Gasteiger partial charge on any atom is 0.240 e. The number of nitrogens with zero attached hydrogens (tertiary/aromatic N) is 1. The first-order valence-electron chi connectivity index (χ1n) is 7.44. The van der Waals surface area contributed by atoms with Gasteiger partial charge in [-0.3, -0.25) is 0 Å². The van der Waals surface area contributed by atoms with Crippen LogP contribution >= 0.6 is 11.6 Å². The van der Waals surface area contributed by atoms with Crippen LogP contribution in [0.3, 0.4) is 0 Å². The van der Waals surface area contributed by atoms with E-state index in [0.717, 1.165) is 17.7 Å². The van der Waals surface area contributed by atoms with Crippen molar-refractivity contribution in [3.8, 4) is 0 Å². The van der Waals surface area contributed by atoms with Crippen LogP contribution in [0.2, 0.25) is 5.02 Å². The summed E-state index contributed by atoms with van der Waals surface area (Å²) >= 11 is 5.66. The summed E-state index contributed by atoms with van der Waals surface area (Å²) in [5.74, 6) is -0.647. The summed E-state index contributed by atoms with van der Waals surface area (Å²) in [6, 6.07) is 13.2. The van der Waals surface area contributed by atoms with Gasteiger partial charge in [0.1, 0.15) is 5.82 Å². The zero-order valence-electron chi connectivity index (χ0n) is 13.5. The molecule has 0 aliphatic rings. The molecule has 0 aliphatic heterocycles. The van der Waals surface area contributed by atoms with Gasteiger partial charge in [0.05, 0.1) is 9.92 Å². The molecule has 4 nitrogen and oxygen atoms in total. The lowest BCUT2D eigenvalue weighted by molar-refractivity contribution is 0.291. The summed E-state index contributed by atoms with van der Waals surface area (Å²) in [5, 5.41) is -0.216. The van der Waals surface area contributed by atoms with Crippen LogP contribution in [-0.2, 0) is 16.4 Å². The molecular weight excluding hydrogens is 351 g/mol. The number of likely N-dealkylation sites (N-methyl/N-ethyl adjacent to an activating group) is 1. The average Bonchev–Trinajstić information content (AvgIpc) is 2.54. The first-order valence-corrected chi connectivity index (χ1v) is 9.31. The van der Waals surface area contributed by atoms with Gasteiger partial charge in [-0.15, -0.1) is 0 Å². The third-order valence-electron chi connectivity index (χ3n) is 3.75. The van der Waals surface area contributed by atoms with Gasteiger partial charge in [-0.2, -0.15) is 0 Å². The first-order chi connectivity index (χ1) is 11.3. The minimum Gasteiger partial charge on any atom is -0.305 e. The van der Waals surface area contributed by atoms with Gasteiger partial charge in [-0.25, -0.2) is 17.5 Å². The summed E-state index contributed by atoms with van der Waals surface area (Å²) in [6.07, 6.45) is 0.709. The van der Waals surface area contributed by atoms with Crippen LogP contribution in [0.25, 0.3) is 0 Å². The van der Waals surface area contributed by atoms with E-state index >= 15 is 0 Å². The van der Waals surface area contributed by atoms with Crippen LogP contribution in [0.4, 0.5) is 4.39 Å². The number of sulfonamides is 1. The van der Waals surface area contributed by atoms with Gasteiger partial charge in [0.2, 0.25) is 10.0 Å². The van der Waals surface area contributed by atoms with Gasteiger partial charge in [0.25, 0.3) is 0 Å². The molecule has 2 rings (SSSR count). The first kappa shape index (κ1) is 18.9. The molecule has 0 heterocycles. The van der Waals surface area contributed by atoms with Crippen molar-refractivity contribution >= 4 is 21.6 Å². The monoisotopic (exact) mass is 370 g/mol. The van der Waals surface area contributed by atoms with E-state index in [9.17, 15) is 12.8 Å². The van der Waals surface area contributed by atoms with E-state index in [4.69, 9.17) is 11.6 Å². The minimum atomic E-state index is -3.75. The van der Waals surface area contributed by atoms with Crippen LogP contribution in [0, 0.1) is 5.82 Å². The maximum absolute atomic E-state index is 13.2. The Labute approximate surface area is 147 Å². The highest BCUT2D eigenvalue weighted by Gasteiger charge is 2.19. The van der Waals surface area contributed by atoms with Crippen molar-refractivity contribution in [3.63, 3.8) is 0 Å². The third kappa shape index (κ3) is 5.01. The van der Waals surface area contributed by atoms with E-state index in [1.165, 1.54) is 6.07 Å². The summed E-state index contributed by atoms with van der Waals surface area (Å²) in [6.45, 7) is 0.235. The van der Waals surface area contributed by atoms with Crippen LogP contribution in [0.15, 0.2) is 53.4 Å². The Morgan fingerprint density at radius 1 is 1.17 bits per heavy atom. The Morgan fingerprint density at radius 3 is 2.42 bits per heavy atom. The number of halogens is 2. The lowest BCUT2D eigenvalue weighted by atomic mass is 10.1. The average molecular weight is 371 g/mol. The molecule has 0 radical (unpaired) electrons. The lowest BCUT2D eigenvalue weighted by Gasteiger charge is -2.24. The van der Waals surface area contributed by atoms with Crippen molar-refractivity contribution in [1.29, 1.82) is 0 Å². The van der Waals surface area contributed by atoms with Crippen molar-refractivity contribution in [3.05, 3.63) is 64.9 Å². The molecule has 0 aromatic heterocycles. The Bertz CT molecular complexity index is 782. The highest BCUT2D eigenvalue weighted by atomic mass is 35.5. The number of benzene rings is 2. The second kappa shape index (κ2) is 8.07. The van der Waals surface area contributed by atoms with Gasteiger partial charge in [0, 0.05) is 12.6 Å². The quantitative estimate of drug-likeness (QED) is 0.815. The normalized spacial score (nSPS) is 13.2. The fourth-order valence-corrected chi connectivity index (χ4v) is 3.60. The predicted molar refractivity (Wildman–Crippen MR) is 94.2 cm³/mol. The van der Waals surface area contributed by atoms with Crippen molar-refractivity contribution < 1.29 is 12.8 Å². The molecule has 0 aliphatic carbocycles. The fourth-order valence-electron chi connectivity index (χ4n) is 2.26. The SMILES string of the molecule is CN(C)C(CNS(=O)(=O)c1ccc(F)c(Cl)c1)Cc1ccccc1. The zero-order chi connectivity index (χ0) is 17.7. The number of hydrogen-bond donors (Lipinski definition) is 1. The summed E-state index contributed by atoms with van der Waals surface area (Å²) in [5.41, 5.74) is 1.13. The van der Waals surface area contributed by atoms with Crippen LogP contribution in [0.1, 0.15) is 5.56 Å². The highest BCUT2D eigenvalue weighted by Crippen LogP contribution is 2.19. The third-order valence-corrected chi connectivity index (χ3v) is 5.47. The van der Waals surface area contributed by atoms with E-state index in [0.29, 0.717) is 6.42 Å². The number of hydrogen-bond acceptors (Lipinski definition) is 3. The van der Waals surface area contributed by atoms with E-state index < -0.39 is 15.8 Å². The molecule has 0 fully saturated rings. The smallest absolute Gasteiger partial charge is 0.240 e. The van der Waals surface area contributed by atoms with Gasteiger partial charge < -0.3 is 4.90 Å². The topological polar surface area (TPSA) is 49.4 Å². The van der Waals surface area contributed by atoms with Crippen molar-refractivity contribution in [2.75, 3.05) is 20.6 Å². The summed E-state index contributed by atoms with van der Waals surface area (Å²) < 4.78 is 40.5. The van der Waals surface area contributed by atoms with Gasteiger partial charge in [-0.05, 0) is 44.3 Å². The van der Waals surface area contributed by atoms with Crippen LogP contribution in [-0.4, -0.2) is 40.0 Å². The molecule has 0 saturated carbocycles. The minimum absolute atomic E-state index is 0.0157. The van der Waals surface area contributed by atoms with Gasteiger partial charge >= 0.3 is 0 Å². The molecule has 0 spiro atoms. The van der Waals surface area contributed by atoms with E-state index in [1.54, 1.807) is 0 Å². The van der Waals surface area contributed by atoms with Crippen molar-refractivity contribution in [2.45, 2.75) is 17.4 Å². The largest absolute Gasteiger partial charge is 0.305 e. The zero-order valence-corrected chi connectivity index (χ0v) is 15.1. The highest BCUT2D eigenvalue weighted by molar-refractivity contribution is 7.89. The second-order valence-electron chi connectivity index (χ2n) is 5.73. The van der Waals surface area contributed by atoms with E-state index in [1.807, 2.05) is 49.3 Å². The van der Waals surface area contributed by atoms with Gasteiger partial charge in [0.15, 0.2) is 0 Å². The predicted octanol–water partition coefficient (Wildman–Crippen LogP) is 2.93. The molecule has 0 saturated heterocycles. The Hall–Kier alpha value is -1.47. The fraction of sp³-hybridized carbons (Fsp3) is 0.294. The van der Waals surface area contributed by atoms with E-state index in [-0.39, 0.29) is 22.5 Å². The molecule has 130 valence electrons. The molecular formula is C17H20ClFN2O2S. The number of rotatable bonds is 7. The summed E-state index contributed by atoms with van der Waals surface area (Å²) in [4.78, 5) is 1.92. The molecule has 1 unspecified atom stereocenters. The van der Waals surface area contributed by atoms with E-state index in [2.05, 4.69) is 4.72 Å². The standard InChI is InChI=1S/C17H20ClFN2O2S/c1-21(2)14(10-13-6-4-3-5-7-13)12-20-24(22,23)15-8-9-17(19)16(18)11-15/h3-9,11,14,20H,10,12H2,1-2H3. The lowest BCUT2D eigenvalue weighted by Crippen LogP contribution is -2.41. The molecule has 7 heteroatoms. The van der Waals surface area contributed by atoms with Crippen LogP contribution in [0.5, 0.6) is 0 Å². The Balaban J connectivity index is 2.09. The molecule has 1 atom stereocenters. The number of nitrogens with one attached hydrogen (secondary N) is 1. The maximum atomic E-state index is 13.2. The molecule has 2 aromatic carbocycles. The van der Waals surface area contributed by atoms with Crippen molar-refractivity contribution in [2.24, 2.45) is 0 Å². The van der Waals surface area contributed by atoms with Crippen molar-refractivity contribution in [1.82, 2.24) is 9.62 Å².